The van der Waals surface area contributed by atoms with Crippen LogP contribution in [0.4, 0.5) is 5.69 Å². The molecule has 0 radical (unpaired) electrons. The number of likely N-dealkylation sites (tertiary alicyclic amines) is 1. The third-order valence-electron chi connectivity index (χ3n) is 4.42. The zero-order chi connectivity index (χ0) is 16.8. The lowest BCUT2D eigenvalue weighted by atomic mass is 10.1. The molecule has 24 heavy (non-hydrogen) atoms. The van der Waals surface area contributed by atoms with Gasteiger partial charge in [0.15, 0.2) is 0 Å². The normalized spacial score (nSPS) is 15.7. The Morgan fingerprint density at radius 1 is 0.917 bits per heavy atom. The molecule has 1 aliphatic heterocycles. The summed E-state index contributed by atoms with van der Waals surface area (Å²) in [4.78, 5) is 14.8. The highest BCUT2D eigenvalue weighted by Crippen LogP contribution is 2.16. The highest BCUT2D eigenvalue weighted by molar-refractivity contribution is 9.10. The van der Waals surface area contributed by atoms with Crippen LogP contribution in [0, 0.1) is 0 Å². The molecule has 0 unspecified atom stereocenters. The maximum Gasteiger partial charge on any atom is 0.255 e. The van der Waals surface area contributed by atoms with E-state index in [-0.39, 0.29) is 5.91 Å². The van der Waals surface area contributed by atoms with Crippen LogP contribution in [0.5, 0.6) is 0 Å². The third kappa shape index (κ3) is 4.92. The van der Waals surface area contributed by atoms with E-state index < -0.39 is 0 Å². The van der Waals surface area contributed by atoms with Crippen LogP contribution in [0.25, 0.3) is 0 Å². The summed E-state index contributed by atoms with van der Waals surface area (Å²) in [5.74, 6) is -0.0707. The molecular weight excluding hydrogens is 364 g/mol. The lowest BCUT2D eigenvalue weighted by molar-refractivity contribution is 0.102. The number of carbonyl (C=O) groups excluding carboxylic acids is 1. The van der Waals surface area contributed by atoms with Crippen molar-refractivity contribution in [3.05, 3.63) is 64.1 Å². The van der Waals surface area contributed by atoms with Gasteiger partial charge >= 0.3 is 0 Å². The Bertz CT molecular complexity index is 659. The van der Waals surface area contributed by atoms with Crippen LogP contribution in [-0.4, -0.2) is 23.9 Å². The van der Waals surface area contributed by atoms with E-state index in [0.717, 1.165) is 16.7 Å². The van der Waals surface area contributed by atoms with Crippen molar-refractivity contribution >= 4 is 27.5 Å². The summed E-state index contributed by atoms with van der Waals surface area (Å²) in [7, 11) is 0. The molecule has 3 nitrogen and oxygen atoms in total. The van der Waals surface area contributed by atoms with Crippen molar-refractivity contribution in [3.63, 3.8) is 0 Å². The van der Waals surface area contributed by atoms with E-state index in [1.807, 2.05) is 36.4 Å². The summed E-state index contributed by atoms with van der Waals surface area (Å²) in [5, 5.41) is 2.92. The molecule has 2 aromatic rings. The Labute approximate surface area is 152 Å². The maximum absolute atomic E-state index is 12.3. The topological polar surface area (TPSA) is 32.3 Å². The van der Waals surface area contributed by atoms with Crippen molar-refractivity contribution in [1.82, 2.24) is 4.90 Å². The Kier molecular flexibility index (Phi) is 6.05. The van der Waals surface area contributed by atoms with E-state index in [1.54, 1.807) is 0 Å². The summed E-state index contributed by atoms with van der Waals surface area (Å²) < 4.78 is 0.998. The van der Waals surface area contributed by atoms with E-state index in [2.05, 4.69) is 38.3 Å². The van der Waals surface area contributed by atoms with Gasteiger partial charge in [0.2, 0.25) is 0 Å². The summed E-state index contributed by atoms with van der Waals surface area (Å²) in [6, 6.07) is 15.6. The van der Waals surface area contributed by atoms with Crippen molar-refractivity contribution in [2.75, 3.05) is 18.4 Å². The first kappa shape index (κ1) is 17.2. The average molecular weight is 387 g/mol. The Morgan fingerprint density at radius 3 is 2.17 bits per heavy atom. The number of halogens is 1. The molecule has 126 valence electrons. The summed E-state index contributed by atoms with van der Waals surface area (Å²) >= 11 is 3.39. The minimum atomic E-state index is -0.0707. The van der Waals surface area contributed by atoms with Crippen molar-refractivity contribution in [2.45, 2.75) is 32.2 Å². The number of hydrogen-bond donors (Lipinski definition) is 1. The predicted molar refractivity (Wildman–Crippen MR) is 102 cm³/mol. The molecule has 0 aromatic heterocycles. The number of nitrogens with zero attached hydrogens (tertiary/aromatic N) is 1. The number of carbonyl (C=O) groups is 1. The molecule has 0 saturated carbocycles. The SMILES string of the molecule is O=C(Nc1ccc(Br)cc1)c1ccc(CN2CCCCCC2)cc1. The quantitative estimate of drug-likeness (QED) is 0.794. The summed E-state index contributed by atoms with van der Waals surface area (Å²) in [6.45, 7) is 3.35. The molecule has 1 aliphatic rings. The first-order chi connectivity index (χ1) is 11.7. The number of benzene rings is 2. The first-order valence-electron chi connectivity index (χ1n) is 8.59. The fourth-order valence-corrected chi connectivity index (χ4v) is 3.31. The molecule has 0 spiro atoms. The van der Waals surface area contributed by atoms with Gasteiger partial charge in [-0.25, -0.2) is 0 Å². The fraction of sp³-hybridized carbons (Fsp3) is 0.350. The second-order valence-corrected chi connectivity index (χ2v) is 7.26. The minimum Gasteiger partial charge on any atom is -0.322 e. The van der Waals surface area contributed by atoms with Gasteiger partial charge in [0.05, 0.1) is 0 Å². The molecule has 2 aromatic carbocycles. The molecule has 4 heteroatoms. The Morgan fingerprint density at radius 2 is 1.54 bits per heavy atom. The number of rotatable bonds is 4. The Hall–Kier alpha value is -1.65. The van der Waals surface area contributed by atoms with E-state index in [1.165, 1.54) is 44.3 Å². The molecular formula is C20H23BrN2O. The zero-order valence-corrected chi connectivity index (χ0v) is 15.4. The standard InChI is InChI=1S/C20H23BrN2O/c21-18-9-11-19(12-10-18)22-20(24)17-7-5-16(6-8-17)15-23-13-3-1-2-4-14-23/h5-12H,1-4,13-15H2,(H,22,24). The van der Waals surface area contributed by atoms with Crippen LogP contribution in [0.15, 0.2) is 53.0 Å². The first-order valence-corrected chi connectivity index (χ1v) is 9.38. The van der Waals surface area contributed by atoms with Gasteiger partial charge in [0, 0.05) is 22.3 Å². The molecule has 0 atom stereocenters. The molecule has 1 saturated heterocycles. The van der Waals surface area contributed by atoms with E-state index in [9.17, 15) is 4.79 Å². The van der Waals surface area contributed by atoms with Gasteiger partial charge in [0.25, 0.3) is 5.91 Å². The van der Waals surface area contributed by atoms with Crippen LogP contribution in [0.2, 0.25) is 0 Å². The van der Waals surface area contributed by atoms with Crippen molar-refractivity contribution in [3.8, 4) is 0 Å². The van der Waals surface area contributed by atoms with E-state index >= 15 is 0 Å². The minimum absolute atomic E-state index is 0.0707. The highest BCUT2D eigenvalue weighted by atomic mass is 79.9. The Balaban J connectivity index is 1.58. The largest absolute Gasteiger partial charge is 0.322 e. The van der Waals surface area contributed by atoms with E-state index in [0.29, 0.717) is 5.56 Å². The van der Waals surface area contributed by atoms with Crippen LogP contribution in [0.3, 0.4) is 0 Å². The van der Waals surface area contributed by atoms with Crippen molar-refractivity contribution in [2.24, 2.45) is 0 Å². The lowest BCUT2D eigenvalue weighted by Gasteiger charge is -2.19. The maximum atomic E-state index is 12.3. The number of anilines is 1. The van der Waals surface area contributed by atoms with Gasteiger partial charge < -0.3 is 5.32 Å². The molecule has 1 N–H and O–H groups in total. The summed E-state index contributed by atoms with van der Waals surface area (Å²) in [6.07, 6.45) is 5.30. The van der Waals surface area contributed by atoms with Gasteiger partial charge in [-0.3, -0.25) is 9.69 Å². The van der Waals surface area contributed by atoms with Crippen molar-refractivity contribution < 1.29 is 4.79 Å². The predicted octanol–water partition coefficient (Wildman–Crippen LogP) is 5.08. The monoisotopic (exact) mass is 386 g/mol. The zero-order valence-electron chi connectivity index (χ0n) is 13.8. The number of amides is 1. The second-order valence-electron chi connectivity index (χ2n) is 6.35. The van der Waals surface area contributed by atoms with Crippen molar-refractivity contribution in [1.29, 1.82) is 0 Å². The fourth-order valence-electron chi connectivity index (χ4n) is 3.05. The van der Waals surface area contributed by atoms with Crippen LogP contribution in [-0.2, 0) is 6.54 Å². The summed E-state index contributed by atoms with van der Waals surface area (Å²) in [5.41, 5.74) is 2.77. The molecule has 1 heterocycles. The van der Waals surface area contributed by atoms with E-state index in [4.69, 9.17) is 0 Å². The average Bonchev–Trinajstić information content (AvgIpc) is 2.86. The van der Waals surface area contributed by atoms with Crippen LogP contribution < -0.4 is 5.32 Å². The molecule has 3 rings (SSSR count). The van der Waals surface area contributed by atoms with Gasteiger partial charge in [-0.15, -0.1) is 0 Å². The van der Waals surface area contributed by atoms with Crippen LogP contribution in [0.1, 0.15) is 41.6 Å². The molecule has 0 aliphatic carbocycles. The smallest absolute Gasteiger partial charge is 0.255 e. The number of hydrogen-bond acceptors (Lipinski definition) is 2. The third-order valence-corrected chi connectivity index (χ3v) is 4.95. The molecule has 0 bridgehead atoms. The van der Waals surface area contributed by atoms with Gasteiger partial charge in [-0.05, 0) is 67.9 Å². The highest BCUT2D eigenvalue weighted by Gasteiger charge is 2.10. The number of nitrogens with one attached hydrogen (secondary N) is 1. The molecule has 1 amide bonds. The van der Waals surface area contributed by atoms with Gasteiger partial charge in [0.1, 0.15) is 0 Å². The van der Waals surface area contributed by atoms with Gasteiger partial charge in [-0.1, -0.05) is 40.9 Å². The van der Waals surface area contributed by atoms with Crippen LogP contribution >= 0.6 is 15.9 Å². The second kappa shape index (κ2) is 8.45. The molecule has 1 fully saturated rings. The van der Waals surface area contributed by atoms with Gasteiger partial charge in [-0.2, -0.15) is 0 Å². The lowest BCUT2D eigenvalue weighted by Crippen LogP contribution is -2.24.